The highest BCUT2D eigenvalue weighted by Crippen LogP contribution is 2.13. The molecule has 3 rings (SSSR count). The minimum absolute atomic E-state index is 0.0889. The molecule has 0 atom stereocenters. The fraction of sp³-hybridized carbons (Fsp3) is 0.353. The van der Waals surface area contributed by atoms with Gasteiger partial charge in [0.2, 0.25) is 0 Å². The van der Waals surface area contributed by atoms with E-state index in [2.05, 4.69) is 15.8 Å². The minimum atomic E-state index is -0.891. The van der Waals surface area contributed by atoms with E-state index in [-0.39, 0.29) is 6.10 Å². The van der Waals surface area contributed by atoms with Crippen molar-refractivity contribution in [1.29, 1.82) is 0 Å². The maximum absolute atomic E-state index is 10.6. The second-order valence-corrected chi connectivity index (χ2v) is 5.30. The predicted molar refractivity (Wildman–Crippen MR) is 85.8 cm³/mol. The van der Waals surface area contributed by atoms with E-state index in [9.17, 15) is 4.79 Å². The Kier molecular flexibility index (Phi) is 5.59. The van der Waals surface area contributed by atoms with E-state index in [0.717, 1.165) is 43.4 Å². The first-order chi connectivity index (χ1) is 10.6. The number of piperidine rings is 1. The number of aromatic nitrogens is 1. The van der Waals surface area contributed by atoms with E-state index >= 15 is 0 Å². The SMILES string of the molecule is C#CCN1CCC(O)CC1.O=C(O)c1ccc2[nH]ccc2c1. The second kappa shape index (κ2) is 7.64. The third-order valence-corrected chi connectivity index (χ3v) is 3.67. The first-order valence-corrected chi connectivity index (χ1v) is 7.24. The van der Waals surface area contributed by atoms with Crippen molar-refractivity contribution in [2.75, 3.05) is 19.6 Å². The van der Waals surface area contributed by atoms with Crippen molar-refractivity contribution in [3.05, 3.63) is 36.0 Å². The number of nitrogens with one attached hydrogen (secondary N) is 1. The van der Waals surface area contributed by atoms with Gasteiger partial charge in [0.05, 0.1) is 18.2 Å². The molecule has 1 aliphatic heterocycles. The van der Waals surface area contributed by atoms with Crippen LogP contribution in [0.5, 0.6) is 0 Å². The van der Waals surface area contributed by atoms with Crippen molar-refractivity contribution < 1.29 is 15.0 Å². The number of aliphatic hydroxyl groups is 1. The molecule has 1 saturated heterocycles. The summed E-state index contributed by atoms with van der Waals surface area (Å²) in [5, 5.41) is 18.7. The first kappa shape index (κ1) is 16.1. The van der Waals surface area contributed by atoms with Crippen LogP contribution in [0.4, 0.5) is 0 Å². The summed E-state index contributed by atoms with van der Waals surface area (Å²) in [6.45, 7) is 2.63. The van der Waals surface area contributed by atoms with Crippen LogP contribution >= 0.6 is 0 Å². The second-order valence-electron chi connectivity index (χ2n) is 5.30. The predicted octanol–water partition coefficient (Wildman–Crippen LogP) is 1.94. The van der Waals surface area contributed by atoms with Crippen molar-refractivity contribution in [3.63, 3.8) is 0 Å². The number of aliphatic hydroxyl groups excluding tert-OH is 1. The van der Waals surface area contributed by atoms with Crippen molar-refractivity contribution in [3.8, 4) is 12.3 Å². The summed E-state index contributed by atoms with van der Waals surface area (Å²) in [4.78, 5) is 15.7. The molecule has 5 nitrogen and oxygen atoms in total. The Balaban J connectivity index is 0.000000164. The third-order valence-electron chi connectivity index (χ3n) is 3.67. The quantitative estimate of drug-likeness (QED) is 0.741. The zero-order valence-electron chi connectivity index (χ0n) is 12.3. The number of hydrogen-bond donors (Lipinski definition) is 3. The Bertz CT molecular complexity index is 664. The Morgan fingerprint density at radius 3 is 2.73 bits per heavy atom. The number of likely N-dealkylation sites (tertiary alicyclic amines) is 1. The number of rotatable bonds is 2. The minimum Gasteiger partial charge on any atom is -0.478 e. The summed E-state index contributed by atoms with van der Waals surface area (Å²) in [6.07, 6.45) is 8.59. The number of carboxylic acids is 1. The van der Waals surface area contributed by atoms with Gasteiger partial charge in [0.15, 0.2) is 0 Å². The van der Waals surface area contributed by atoms with Gasteiger partial charge in [-0.15, -0.1) is 6.42 Å². The van der Waals surface area contributed by atoms with Crippen molar-refractivity contribution in [2.45, 2.75) is 18.9 Å². The molecule has 0 spiro atoms. The molecular formula is C17H20N2O3. The van der Waals surface area contributed by atoms with Crippen LogP contribution in [0, 0.1) is 12.3 Å². The van der Waals surface area contributed by atoms with Gasteiger partial charge in [-0.2, -0.15) is 0 Å². The highest BCUT2D eigenvalue weighted by Gasteiger charge is 2.15. The van der Waals surface area contributed by atoms with E-state index in [1.165, 1.54) is 0 Å². The molecule has 2 heterocycles. The number of carbonyl (C=O) groups is 1. The smallest absolute Gasteiger partial charge is 0.335 e. The highest BCUT2D eigenvalue weighted by molar-refractivity contribution is 5.93. The summed E-state index contributed by atoms with van der Waals surface area (Å²) in [5.74, 6) is 1.71. The van der Waals surface area contributed by atoms with Crippen molar-refractivity contribution in [1.82, 2.24) is 9.88 Å². The van der Waals surface area contributed by atoms with E-state index in [4.69, 9.17) is 16.6 Å². The molecule has 0 radical (unpaired) electrons. The number of aromatic amines is 1. The normalized spacial score (nSPS) is 15.8. The molecule has 1 fully saturated rings. The van der Waals surface area contributed by atoms with Crippen LogP contribution < -0.4 is 0 Å². The van der Waals surface area contributed by atoms with Crippen LogP contribution in [0.3, 0.4) is 0 Å². The molecule has 5 heteroatoms. The van der Waals surface area contributed by atoms with Gasteiger partial charge in [-0.3, -0.25) is 4.90 Å². The van der Waals surface area contributed by atoms with Gasteiger partial charge in [0.25, 0.3) is 0 Å². The largest absolute Gasteiger partial charge is 0.478 e. The van der Waals surface area contributed by atoms with Gasteiger partial charge in [0.1, 0.15) is 0 Å². The number of terminal acetylenes is 1. The van der Waals surface area contributed by atoms with Crippen LogP contribution in [0.1, 0.15) is 23.2 Å². The van der Waals surface area contributed by atoms with E-state index in [0.29, 0.717) is 5.56 Å². The molecule has 1 aromatic carbocycles. The van der Waals surface area contributed by atoms with Gasteiger partial charge in [-0.1, -0.05) is 5.92 Å². The van der Waals surface area contributed by atoms with Gasteiger partial charge in [-0.05, 0) is 37.1 Å². The summed E-state index contributed by atoms with van der Waals surface area (Å²) in [5.41, 5.74) is 1.28. The number of hydrogen-bond acceptors (Lipinski definition) is 3. The summed E-state index contributed by atoms with van der Waals surface area (Å²) >= 11 is 0. The number of benzene rings is 1. The molecule has 0 amide bonds. The average Bonchev–Trinajstić information content (AvgIpc) is 2.98. The molecule has 3 N–H and O–H groups in total. The average molecular weight is 300 g/mol. The number of aromatic carboxylic acids is 1. The summed E-state index contributed by atoms with van der Waals surface area (Å²) < 4.78 is 0. The molecule has 1 aliphatic rings. The van der Waals surface area contributed by atoms with Crippen molar-refractivity contribution in [2.24, 2.45) is 0 Å². The summed E-state index contributed by atoms with van der Waals surface area (Å²) in [6, 6.07) is 6.84. The van der Waals surface area contributed by atoms with E-state index in [1.54, 1.807) is 24.4 Å². The van der Waals surface area contributed by atoms with E-state index in [1.807, 2.05) is 6.07 Å². The number of nitrogens with zero attached hydrogens (tertiary/aromatic N) is 1. The maximum Gasteiger partial charge on any atom is 0.335 e. The van der Waals surface area contributed by atoms with Crippen LogP contribution in [0.2, 0.25) is 0 Å². The highest BCUT2D eigenvalue weighted by atomic mass is 16.4. The molecule has 0 unspecified atom stereocenters. The van der Waals surface area contributed by atoms with Gasteiger partial charge < -0.3 is 15.2 Å². The van der Waals surface area contributed by atoms with Gasteiger partial charge in [0, 0.05) is 30.2 Å². The van der Waals surface area contributed by atoms with Gasteiger partial charge in [-0.25, -0.2) is 4.79 Å². The van der Waals surface area contributed by atoms with Crippen LogP contribution in [-0.2, 0) is 0 Å². The number of H-pyrrole nitrogens is 1. The van der Waals surface area contributed by atoms with Crippen molar-refractivity contribution >= 4 is 16.9 Å². The fourth-order valence-electron chi connectivity index (χ4n) is 2.39. The van der Waals surface area contributed by atoms with Crippen LogP contribution in [-0.4, -0.2) is 51.8 Å². The van der Waals surface area contributed by atoms with E-state index < -0.39 is 5.97 Å². The Morgan fingerprint density at radius 1 is 1.36 bits per heavy atom. The maximum atomic E-state index is 10.6. The van der Waals surface area contributed by atoms with Crippen LogP contribution in [0.25, 0.3) is 10.9 Å². The molecular weight excluding hydrogens is 280 g/mol. The van der Waals surface area contributed by atoms with Crippen LogP contribution in [0.15, 0.2) is 30.5 Å². The first-order valence-electron chi connectivity index (χ1n) is 7.24. The van der Waals surface area contributed by atoms with Gasteiger partial charge >= 0.3 is 5.97 Å². The Hall–Kier alpha value is -2.29. The molecule has 116 valence electrons. The molecule has 22 heavy (non-hydrogen) atoms. The molecule has 1 aromatic heterocycles. The topological polar surface area (TPSA) is 76.6 Å². The molecule has 0 aliphatic carbocycles. The zero-order chi connectivity index (χ0) is 15.9. The third kappa shape index (κ3) is 4.35. The number of fused-ring (bicyclic) bond motifs is 1. The molecule has 2 aromatic rings. The Labute approximate surface area is 129 Å². The lowest BCUT2D eigenvalue weighted by Gasteiger charge is -2.27. The summed E-state index contributed by atoms with van der Waals surface area (Å²) in [7, 11) is 0. The molecule has 0 bridgehead atoms. The Morgan fingerprint density at radius 2 is 2.09 bits per heavy atom. The fourth-order valence-corrected chi connectivity index (χ4v) is 2.39. The molecule has 0 saturated carbocycles. The standard InChI is InChI=1S/C9H7NO2.C8H13NO/c11-9(12)7-1-2-8-6(5-7)3-4-10-8;1-2-5-9-6-3-8(10)4-7-9/h1-5,10H,(H,11,12);1,8,10H,3-7H2. The zero-order valence-corrected chi connectivity index (χ0v) is 12.3. The number of carboxylic acid groups (broad SMARTS) is 1. The monoisotopic (exact) mass is 300 g/mol. The lowest BCUT2D eigenvalue weighted by Crippen LogP contribution is -2.35. The lowest BCUT2D eigenvalue weighted by molar-refractivity contribution is 0.0697. The lowest BCUT2D eigenvalue weighted by atomic mass is 10.1.